The first-order valence-electron chi connectivity index (χ1n) is 6.40. The molecule has 0 aromatic heterocycles. The van der Waals surface area contributed by atoms with Gasteiger partial charge in [-0.25, -0.2) is 5.84 Å². The zero-order valence-electron chi connectivity index (χ0n) is 11.8. The molecule has 0 aliphatic carbocycles. The van der Waals surface area contributed by atoms with Crippen molar-refractivity contribution in [1.29, 1.82) is 0 Å². The lowest BCUT2D eigenvalue weighted by Gasteiger charge is -2.11. The molecule has 0 spiro atoms. The minimum atomic E-state index is 0.502. The van der Waals surface area contributed by atoms with E-state index in [0.29, 0.717) is 19.1 Å². The number of guanidine groups is 1. The Labute approximate surface area is 127 Å². The van der Waals surface area contributed by atoms with Crippen molar-refractivity contribution < 1.29 is 9.47 Å². The van der Waals surface area contributed by atoms with E-state index in [1.807, 2.05) is 25.1 Å². The molecule has 6 nitrogen and oxygen atoms in total. The van der Waals surface area contributed by atoms with E-state index in [1.165, 1.54) is 0 Å². The smallest absolute Gasteiger partial charge is 0.210 e. The molecule has 1 rings (SSSR count). The average Bonchev–Trinajstić information content (AvgIpc) is 2.45. The average molecular weight is 345 g/mol. The molecule has 0 aliphatic heterocycles. The summed E-state index contributed by atoms with van der Waals surface area (Å²) in [6.45, 7) is 4.03. The Hall–Kier alpha value is -1.31. The summed E-state index contributed by atoms with van der Waals surface area (Å²) in [5.41, 5.74) is 3.37. The number of hydrazine groups is 1. The van der Waals surface area contributed by atoms with Gasteiger partial charge in [0.25, 0.3) is 0 Å². The molecule has 0 saturated carbocycles. The number of hydrogen-bond acceptors (Lipinski definition) is 4. The second-order valence-corrected chi connectivity index (χ2v) is 4.85. The summed E-state index contributed by atoms with van der Waals surface area (Å²) in [7, 11) is 1.62. The fourth-order valence-corrected chi connectivity index (χ4v) is 1.98. The van der Waals surface area contributed by atoms with Crippen LogP contribution in [0.25, 0.3) is 0 Å². The predicted molar refractivity (Wildman–Crippen MR) is 85.1 cm³/mol. The molecule has 0 aliphatic rings. The summed E-state index contributed by atoms with van der Waals surface area (Å²) in [6.07, 6.45) is 0.850. The molecule has 0 amide bonds. The maximum Gasteiger partial charge on any atom is 0.210 e. The van der Waals surface area contributed by atoms with Crippen LogP contribution in [0.15, 0.2) is 27.7 Å². The normalized spacial score (nSPS) is 11.3. The van der Waals surface area contributed by atoms with Crippen LogP contribution in [0.4, 0.5) is 5.69 Å². The number of nitrogens with two attached hydrogens (primary N) is 1. The lowest BCUT2D eigenvalue weighted by atomic mass is 10.3. The number of benzene rings is 1. The van der Waals surface area contributed by atoms with E-state index < -0.39 is 0 Å². The van der Waals surface area contributed by atoms with E-state index in [-0.39, 0.29) is 0 Å². The van der Waals surface area contributed by atoms with Gasteiger partial charge in [0.1, 0.15) is 5.75 Å². The van der Waals surface area contributed by atoms with Gasteiger partial charge in [-0.15, -0.1) is 0 Å². The van der Waals surface area contributed by atoms with Crippen LogP contribution in [0.1, 0.15) is 13.3 Å². The van der Waals surface area contributed by atoms with Crippen LogP contribution in [0, 0.1) is 0 Å². The molecule has 4 N–H and O–H groups in total. The van der Waals surface area contributed by atoms with Crippen LogP contribution in [0.5, 0.6) is 5.75 Å². The van der Waals surface area contributed by atoms with Crippen LogP contribution in [-0.4, -0.2) is 32.8 Å². The highest BCUT2D eigenvalue weighted by Gasteiger charge is 2.02. The summed E-state index contributed by atoms with van der Waals surface area (Å²) >= 11 is 3.42. The molecule has 112 valence electrons. The summed E-state index contributed by atoms with van der Waals surface area (Å²) in [5, 5.41) is 3.10. The van der Waals surface area contributed by atoms with Gasteiger partial charge in [0.2, 0.25) is 5.96 Å². The Morgan fingerprint density at radius 2 is 2.20 bits per heavy atom. The second-order valence-electron chi connectivity index (χ2n) is 3.93. The molecule has 1 aromatic rings. The van der Waals surface area contributed by atoms with Crippen molar-refractivity contribution in [2.45, 2.75) is 13.3 Å². The molecular weight excluding hydrogens is 324 g/mol. The van der Waals surface area contributed by atoms with Gasteiger partial charge in [-0.2, -0.15) is 0 Å². The zero-order valence-corrected chi connectivity index (χ0v) is 13.4. The molecule has 0 saturated heterocycles. The molecule has 7 heteroatoms. The Balaban J connectivity index is 2.58. The fraction of sp³-hybridized carbons (Fsp3) is 0.462. The number of nitrogens with one attached hydrogen (secondary N) is 2. The second kappa shape index (κ2) is 9.57. The highest BCUT2D eigenvalue weighted by Crippen LogP contribution is 2.24. The molecule has 1 aromatic carbocycles. The first-order chi connectivity index (χ1) is 9.69. The Morgan fingerprint density at radius 1 is 1.40 bits per heavy atom. The van der Waals surface area contributed by atoms with Crippen molar-refractivity contribution in [2.24, 2.45) is 10.8 Å². The van der Waals surface area contributed by atoms with Gasteiger partial charge < -0.3 is 14.8 Å². The van der Waals surface area contributed by atoms with Crippen molar-refractivity contribution in [3.05, 3.63) is 22.7 Å². The predicted octanol–water partition coefficient (Wildman–Crippen LogP) is 2.12. The summed E-state index contributed by atoms with van der Waals surface area (Å²) in [6, 6.07) is 5.65. The number of halogens is 1. The van der Waals surface area contributed by atoms with Crippen molar-refractivity contribution in [1.82, 2.24) is 5.43 Å². The monoisotopic (exact) mass is 344 g/mol. The van der Waals surface area contributed by atoms with Crippen molar-refractivity contribution in [3.8, 4) is 5.75 Å². The van der Waals surface area contributed by atoms with E-state index in [2.05, 4.69) is 31.7 Å². The number of hydrogen-bond donors (Lipinski definition) is 3. The minimum Gasteiger partial charge on any atom is -0.497 e. The summed E-state index contributed by atoms with van der Waals surface area (Å²) in [5.74, 6) is 6.70. The maximum atomic E-state index is 5.45. The summed E-state index contributed by atoms with van der Waals surface area (Å²) in [4.78, 5) is 4.33. The van der Waals surface area contributed by atoms with Gasteiger partial charge in [0.05, 0.1) is 7.11 Å². The van der Waals surface area contributed by atoms with Crippen molar-refractivity contribution in [3.63, 3.8) is 0 Å². The zero-order chi connectivity index (χ0) is 14.8. The van der Waals surface area contributed by atoms with E-state index in [4.69, 9.17) is 15.3 Å². The lowest BCUT2D eigenvalue weighted by Crippen LogP contribution is -2.36. The number of anilines is 1. The van der Waals surface area contributed by atoms with Crippen LogP contribution < -0.4 is 21.3 Å². The van der Waals surface area contributed by atoms with Gasteiger partial charge in [-0.3, -0.25) is 10.4 Å². The van der Waals surface area contributed by atoms with E-state index in [9.17, 15) is 0 Å². The number of methoxy groups -OCH3 is 1. The molecule has 0 radical (unpaired) electrons. The van der Waals surface area contributed by atoms with Gasteiger partial charge in [-0.05, 0) is 25.5 Å². The van der Waals surface area contributed by atoms with E-state index in [0.717, 1.165) is 28.9 Å². The van der Waals surface area contributed by atoms with E-state index in [1.54, 1.807) is 7.11 Å². The van der Waals surface area contributed by atoms with Gasteiger partial charge in [0.15, 0.2) is 0 Å². The summed E-state index contributed by atoms with van der Waals surface area (Å²) < 4.78 is 11.4. The van der Waals surface area contributed by atoms with Crippen molar-refractivity contribution in [2.75, 3.05) is 32.2 Å². The quantitative estimate of drug-likeness (QED) is 0.232. The first-order valence-corrected chi connectivity index (χ1v) is 7.19. The minimum absolute atomic E-state index is 0.502. The topological polar surface area (TPSA) is 80.9 Å². The van der Waals surface area contributed by atoms with Crippen LogP contribution in [-0.2, 0) is 4.74 Å². The number of nitrogens with zero attached hydrogens (tertiary/aromatic N) is 1. The largest absolute Gasteiger partial charge is 0.497 e. The number of aliphatic imine (C=N–C) groups is 1. The molecule has 0 unspecified atom stereocenters. The molecule has 0 bridgehead atoms. The molecule has 0 heterocycles. The van der Waals surface area contributed by atoms with Crippen LogP contribution in [0.3, 0.4) is 0 Å². The SMILES string of the molecule is CCOCCCN=C(NN)Nc1cc(Br)cc(OC)c1. The highest BCUT2D eigenvalue weighted by atomic mass is 79.9. The third-order valence-electron chi connectivity index (χ3n) is 2.43. The van der Waals surface area contributed by atoms with Gasteiger partial charge >= 0.3 is 0 Å². The van der Waals surface area contributed by atoms with Crippen LogP contribution >= 0.6 is 15.9 Å². The third kappa shape index (κ3) is 6.23. The number of rotatable bonds is 7. The lowest BCUT2D eigenvalue weighted by molar-refractivity contribution is 0.146. The molecule has 20 heavy (non-hydrogen) atoms. The number of ether oxygens (including phenoxy) is 2. The van der Waals surface area contributed by atoms with Crippen LogP contribution in [0.2, 0.25) is 0 Å². The molecule has 0 fully saturated rings. The highest BCUT2D eigenvalue weighted by molar-refractivity contribution is 9.10. The third-order valence-corrected chi connectivity index (χ3v) is 2.89. The standard InChI is InChI=1S/C13H21BrN4O2/c1-3-20-6-4-5-16-13(18-15)17-11-7-10(14)8-12(9-11)19-2/h7-9H,3-6,15H2,1-2H3,(H2,16,17,18). The molecular formula is C13H21BrN4O2. The van der Waals surface area contributed by atoms with Crippen molar-refractivity contribution >= 4 is 27.6 Å². The van der Waals surface area contributed by atoms with E-state index >= 15 is 0 Å². The first kappa shape index (κ1) is 16.7. The Morgan fingerprint density at radius 3 is 2.85 bits per heavy atom. The van der Waals surface area contributed by atoms with Gasteiger partial charge in [-0.1, -0.05) is 15.9 Å². The fourth-order valence-electron chi connectivity index (χ4n) is 1.51. The van der Waals surface area contributed by atoms with Gasteiger partial charge in [0, 0.05) is 36.0 Å². The Bertz CT molecular complexity index is 440. The maximum absolute atomic E-state index is 5.45. The Kier molecular flexibility index (Phi) is 8.01. The molecule has 0 atom stereocenters.